The number of fused-ring (bicyclic) bond motifs is 1. The van der Waals surface area contributed by atoms with Crippen molar-refractivity contribution in [3.63, 3.8) is 0 Å². The van der Waals surface area contributed by atoms with Crippen molar-refractivity contribution in [1.82, 2.24) is 24.3 Å². The van der Waals surface area contributed by atoms with Gasteiger partial charge in [0.05, 0.1) is 45.2 Å². The van der Waals surface area contributed by atoms with Crippen LogP contribution in [0.3, 0.4) is 0 Å². The van der Waals surface area contributed by atoms with Gasteiger partial charge in [0.15, 0.2) is 0 Å². The molecule has 164 valence electrons. The van der Waals surface area contributed by atoms with Crippen LogP contribution in [-0.2, 0) is 16.0 Å². The summed E-state index contributed by atoms with van der Waals surface area (Å²) >= 11 is 0. The second kappa shape index (κ2) is 9.30. The van der Waals surface area contributed by atoms with Crippen LogP contribution in [0.2, 0.25) is 0 Å². The van der Waals surface area contributed by atoms with E-state index in [1.165, 1.54) is 0 Å². The molecule has 2 N–H and O–H groups in total. The molecule has 1 aliphatic rings. The predicted molar refractivity (Wildman–Crippen MR) is 111 cm³/mol. The van der Waals surface area contributed by atoms with Gasteiger partial charge >= 0.3 is 0 Å². The van der Waals surface area contributed by atoms with E-state index in [-0.39, 0.29) is 18.8 Å². The number of hydrogen-bond acceptors (Lipinski definition) is 9. The van der Waals surface area contributed by atoms with Gasteiger partial charge in [-0.25, -0.2) is 4.98 Å². The summed E-state index contributed by atoms with van der Waals surface area (Å²) in [5, 5.41) is 27.1. The third-order valence-electron chi connectivity index (χ3n) is 5.01. The number of aliphatic hydroxyl groups excluding tert-OH is 1. The molecule has 0 amide bonds. The number of nitrogens with zero attached hydrogens (tertiary/aromatic N) is 6. The fraction of sp³-hybridized carbons (Fsp3) is 0.500. The van der Waals surface area contributed by atoms with Crippen molar-refractivity contribution in [2.75, 3.05) is 38.9 Å². The number of anilines is 2. The number of aliphatic hydroxyl groups is 1. The minimum Gasteiger partial charge on any atom is -0.469 e. The predicted octanol–water partition coefficient (Wildman–Crippen LogP) is 1.61. The first-order chi connectivity index (χ1) is 15.1. The Labute approximate surface area is 179 Å². The molecule has 2 atom stereocenters. The Bertz CT molecular complexity index is 1080. The lowest BCUT2D eigenvalue weighted by atomic mass is 10.3. The van der Waals surface area contributed by atoms with Gasteiger partial charge in [-0.2, -0.15) is 10.2 Å². The summed E-state index contributed by atoms with van der Waals surface area (Å²) in [5.74, 6) is 0.741. The maximum Gasteiger partial charge on any atom is 0.257 e. The van der Waals surface area contributed by atoms with Crippen LogP contribution in [0.15, 0.2) is 18.5 Å². The standard InChI is InChI=1S/C20H25N7O4/c1-13(11-29-2)27-15(8-21)7-14-9-22-20(24-18(14)27)23-17-10-26(4-5-28)25-19(17)31-16-3-6-30-12-16/h7,9-10,13,16,28H,3-6,11-12H2,1-2H3,(H,22,23,24)/t13-,16?/m0/s1. The number of aromatic nitrogens is 5. The van der Waals surface area contributed by atoms with Crippen molar-refractivity contribution < 1.29 is 19.3 Å². The van der Waals surface area contributed by atoms with Gasteiger partial charge < -0.3 is 29.2 Å². The van der Waals surface area contributed by atoms with E-state index in [1.54, 1.807) is 30.3 Å². The maximum atomic E-state index is 9.53. The molecule has 4 rings (SSSR count). The van der Waals surface area contributed by atoms with Crippen LogP contribution in [0.5, 0.6) is 5.88 Å². The van der Waals surface area contributed by atoms with Gasteiger partial charge in [-0.3, -0.25) is 4.68 Å². The summed E-state index contributed by atoms with van der Waals surface area (Å²) in [6.07, 6.45) is 4.12. The molecule has 11 heteroatoms. The zero-order valence-electron chi connectivity index (χ0n) is 17.5. The monoisotopic (exact) mass is 427 g/mol. The summed E-state index contributed by atoms with van der Waals surface area (Å²) in [5.41, 5.74) is 1.71. The van der Waals surface area contributed by atoms with Crippen LogP contribution in [0.1, 0.15) is 25.1 Å². The van der Waals surface area contributed by atoms with Crippen LogP contribution in [-0.4, -0.2) is 69.1 Å². The highest BCUT2D eigenvalue weighted by Gasteiger charge is 2.22. The normalized spacial score (nSPS) is 17.0. The lowest BCUT2D eigenvalue weighted by molar-refractivity contribution is 0.137. The Kier molecular flexibility index (Phi) is 6.31. The average Bonchev–Trinajstić information content (AvgIpc) is 3.48. The highest BCUT2D eigenvalue weighted by Crippen LogP contribution is 2.29. The molecule has 3 aromatic heterocycles. The van der Waals surface area contributed by atoms with Crippen LogP contribution < -0.4 is 10.1 Å². The van der Waals surface area contributed by atoms with Crippen LogP contribution in [0.25, 0.3) is 11.0 Å². The van der Waals surface area contributed by atoms with Gasteiger partial charge in [0, 0.05) is 25.1 Å². The van der Waals surface area contributed by atoms with E-state index in [0.717, 1.165) is 11.8 Å². The quantitative estimate of drug-likeness (QED) is 0.522. The molecule has 4 heterocycles. The van der Waals surface area contributed by atoms with Crippen molar-refractivity contribution in [1.29, 1.82) is 5.26 Å². The Balaban J connectivity index is 1.66. The van der Waals surface area contributed by atoms with Crippen LogP contribution in [0, 0.1) is 11.3 Å². The molecule has 3 aromatic rings. The number of nitriles is 1. The van der Waals surface area contributed by atoms with E-state index in [0.29, 0.717) is 55.2 Å². The van der Waals surface area contributed by atoms with E-state index < -0.39 is 0 Å². The fourth-order valence-corrected chi connectivity index (χ4v) is 3.59. The zero-order valence-corrected chi connectivity index (χ0v) is 17.5. The van der Waals surface area contributed by atoms with Crippen molar-refractivity contribution in [3.05, 3.63) is 24.2 Å². The Morgan fingerprint density at radius 2 is 2.35 bits per heavy atom. The van der Waals surface area contributed by atoms with Gasteiger partial charge in [-0.1, -0.05) is 0 Å². The SMILES string of the molecule is COC[C@H](C)n1c(C#N)cc2cnc(Nc3cn(CCO)nc3OC3CCOC3)nc21. The smallest absolute Gasteiger partial charge is 0.257 e. The van der Waals surface area contributed by atoms with E-state index in [9.17, 15) is 10.4 Å². The van der Waals surface area contributed by atoms with E-state index in [4.69, 9.17) is 14.2 Å². The number of rotatable bonds is 9. The first-order valence-corrected chi connectivity index (χ1v) is 10.1. The van der Waals surface area contributed by atoms with Gasteiger partial charge in [-0.15, -0.1) is 5.10 Å². The molecule has 0 bridgehead atoms. The molecule has 1 unspecified atom stereocenters. The summed E-state index contributed by atoms with van der Waals surface area (Å²) < 4.78 is 20.1. The third kappa shape index (κ3) is 4.46. The molecule has 1 fully saturated rings. The topological polar surface area (TPSA) is 132 Å². The van der Waals surface area contributed by atoms with E-state index in [2.05, 4.69) is 26.5 Å². The number of nitrogens with one attached hydrogen (secondary N) is 1. The molecule has 0 aromatic carbocycles. The average molecular weight is 427 g/mol. The van der Waals surface area contributed by atoms with Crippen molar-refractivity contribution in [3.8, 4) is 11.9 Å². The first kappa shape index (κ1) is 21.0. The summed E-state index contributed by atoms with van der Waals surface area (Å²) in [6.45, 7) is 3.87. The van der Waals surface area contributed by atoms with Gasteiger partial charge in [0.1, 0.15) is 29.2 Å². The van der Waals surface area contributed by atoms with Gasteiger partial charge in [-0.05, 0) is 13.0 Å². The van der Waals surface area contributed by atoms with Gasteiger partial charge in [0.25, 0.3) is 5.88 Å². The second-order valence-electron chi connectivity index (χ2n) is 7.35. The molecule has 1 saturated heterocycles. The summed E-state index contributed by atoms with van der Waals surface area (Å²) in [4.78, 5) is 9.02. The lowest BCUT2D eigenvalue weighted by Gasteiger charge is -2.15. The third-order valence-corrected chi connectivity index (χ3v) is 5.01. The van der Waals surface area contributed by atoms with Crippen LogP contribution >= 0.6 is 0 Å². The Morgan fingerprint density at radius 3 is 3.06 bits per heavy atom. The minimum absolute atomic E-state index is 0.0442. The van der Waals surface area contributed by atoms with Crippen molar-refractivity contribution >= 4 is 22.7 Å². The van der Waals surface area contributed by atoms with E-state index in [1.807, 2.05) is 11.5 Å². The van der Waals surface area contributed by atoms with Gasteiger partial charge in [0.2, 0.25) is 5.95 Å². The lowest BCUT2D eigenvalue weighted by Crippen LogP contribution is -2.17. The number of ether oxygens (including phenoxy) is 3. The van der Waals surface area contributed by atoms with Crippen molar-refractivity contribution in [2.45, 2.75) is 32.0 Å². The van der Waals surface area contributed by atoms with Crippen molar-refractivity contribution in [2.24, 2.45) is 0 Å². The molecule has 0 aliphatic carbocycles. The number of methoxy groups -OCH3 is 1. The fourth-order valence-electron chi connectivity index (χ4n) is 3.59. The van der Waals surface area contributed by atoms with E-state index >= 15 is 0 Å². The summed E-state index contributed by atoms with van der Waals surface area (Å²) in [6, 6.07) is 3.90. The highest BCUT2D eigenvalue weighted by molar-refractivity contribution is 5.79. The van der Waals surface area contributed by atoms with Crippen LogP contribution in [0.4, 0.5) is 11.6 Å². The zero-order chi connectivity index (χ0) is 21.8. The molecular formula is C20H25N7O4. The Morgan fingerprint density at radius 1 is 1.48 bits per heavy atom. The largest absolute Gasteiger partial charge is 0.469 e. The minimum atomic E-state index is -0.0771. The molecule has 31 heavy (non-hydrogen) atoms. The number of hydrogen-bond donors (Lipinski definition) is 2. The molecule has 0 spiro atoms. The molecular weight excluding hydrogens is 402 g/mol. The first-order valence-electron chi connectivity index (χ1n) is 10.1. The summed E-state index contributed by atoms with van der Waals surface area (Å²) in [7, 11) is 1.62. The second-order valence-corrected chi connectivity index (χ2v) is 7.35. The molecule has 0 radical (unpaired) electrons. The molecule has 11 nitrogen and oxygen atoms in total. The molecule has 1 aliphatic heterocycles. The maximum absolute atomic E-state index is 9.53. The Hall–Kier alpha value is -3.20. The highest BCUT2D eigenvalue weighted by atomic mass is 16.6. The molecule has 0 saturated carbocycles.